The molecule has 1 fully saturated rings. The molecule has 0 saturated carbocycles. The molecule has 4 rings (SSSR count). The fourth-order valence-corrected chi connectivity index (χ4v) is 3.99. The van der Waals surface area contributed by atoms with Gasteiger partial charge in [0.15, 0.2) is 0 Å². The SMILES string of the molecule is C/C(=C\CN1CCC(C)CC1)c1ccc(C#Cc2ccc(-c3ccc(Cl)cc3)cn2)cc1. The molecule has 0 amide bonds. The standard InChI is InChI=1S/C29H29ClN2/c1-22-15-18-32(19-16-22)20-17-23(2)25-6-3-24(4-7-25)5-13-29-14-10-27(21-31-29)26-8-11-28(30)12-9-26/h3-4,6-12,14,17,21-22H,15-16,18-20H2,1-2H3/b23-17+. The van der Waals surface area contributed by atoms with Gasteiger partial charge in [0.05, 0.1) is 0 Å². The summed E-state index contributed by atoms with van der Waals surface area (Å²) >= 11 is 5.96. The van der Waals surface area contributed by atoms with Crippen molar-refractivity contribution >= 4 is 17.2 Å². The molecule has 2 aromatic carbocycles. The molecular weight excluding hydrogens is 412 g/mol. The summed E-state index contributed by atoms with van der Waals surface area (Å²) in [4.78, 5) is 7.04. The quantitative estimate of drug-likeness (QED) is 0.408. The van der Waals surface area contributed by atoms with E-state index in [1.165, 1.54) is 37.1 Å². The number of aromatic nitrogens is 1. The molecule has 32 heavy (non-hydrogen) atoms. The van der Waals surface area contributed by atoms with Crippen LogP contribution in [0.5, 0.6) is 0 Å². The van der Waals surface area contributed by atoms with Crippen LogP contribution in [0.25, 0.3) is 16.7 Å². The number of hydrogen-bond donors (Lipinski definition) is 0. The number of allylic oxidation sites excluding steroid dienone is 1. The predicted octanol–water partition coefficient (Wildman–Crippen LogP) is 6.94. The van der Waals surface area contributed by atoms with Gasteiger partial charge in [0.1, 0.15) is 5.69 Å². The van der Waals surface area contributed by atoms with Crippen LogP contribution in [-0.2, 0) is 0 Å². The van der Waals surface area contributed by atoms with Gasteiger partial charge in [-0.3, -0.25) is 4.90 Å². The van der Waals surface area contributed by atoms with Gasteiger partial charge in [-0.15, -0.1) is 0 Å². The highest BCUT2D eigenvalue weighted by Gasteiger charge is 2.14. The Bertz CT molecular complexity index is 1110. The molecule has 0 unspecified atom stereocenters. The van der Waals surface area contributed by atoms with Crippen LogP contribution in [0, 0.1) is 17.8 Å². The molecule has 2 heterocycles. The molecule has 0 aliphatic carbocycles. The summed E-state index contributed by atoms with van der Waals surface area (Å²) in [5.74, 6) is 7.27. The van der Waals surface area contributed by atoms with Gasteiger partial charge in [-0.25, -0.2) is 4.98 Å². The molecule has 162 valence electrons. The summed E-state index contributed by atoms with van der Waals surface area (Å²) in [5.41, 5.74) is 6.48. The third-order valence-corrected chi connectivity index (χ3v) is 6.40. The Kier molecular flexibility index (Phi) is 7.43. The highest BCUT2D eigenvalue weighted by molar-refractivity contribution is 6.30. The summed E-state index contributed by atoms with van der Waals surface area (Å²) < 4.78 is 0. The van der Waals surface area contributed by atoms with Crippen molar-refractivity contribution in [2.24, 2.45) is 5.92 Å². The van der Waals surface area contributed by atoms with E-state index in [1.807, 2.05) is 42.6 Å². The topological polar surface area (TPSA) is 16.1 Å². The maximum Gasteiger partial charge on any atom is 0.113 e. The number of piperidine rings is 1. The van der Waals surface area contributed by atoms with Crippen molar-refractivity contribution in [3.05, 3.63) is 94.8 Å². The largest absolute Gasteiger partial charge is 0.300 e. The summed E-state index contributed by atoms with van der Waals surface area (Å²) in [5, 5.41) is 0.734. The van der Waals surface area contributed by atoms with Gasteiger partial charge < -0.3 is 0 Å². The lowest BCUT2D eigenvalue weighted by Gasteiger charge is -2.29. The molecule has 0 atom stereocenters. The second kappa shape index (κ2) is 10.6. The van der Waals surface area contributed by atoms with Crippen molar-refractivity contribution in [1.29, 1.82) is 0 Å². The first kappa shape index (κ1) is 22.3. The van der Waals surface area contributed by atoms with Crippen molar-refractivity contribution in [1.82, 2.24) is 9.88 Å². The highest BCUT2D eigenvalue weighted by Crippen LogP contribution is 2.21. The molecule has 0 spiro atoms. The van der Waals surface area contributed by atoms with E-state index in [0.29, 0.717) is 0 Å². The first-order valence-corrected chi connectivity index (χ1v) is 11.7. The van der Waals surface area contributed by atoms with E-state index < -0.39 is 0 Å². The lowest BCUT2D eigenvalue weighted by Crippen LogP contribution is -2.32. The van der Waals surface area contributed by atoms with Crippen LogP contribution < -0.4 is 0 Å². The monoisotopic (exact) mass is 440 g/mol. The van der Waals surface area contributed by atoms with Gasteiger partial charge in [-0.05, 0) is 91.7 Å². The number of nitrogens with zero attached hydrogens (tertiary/aromatic N) is 2. The fourth-order valence-electron chi connectivity index (χ4n) is 3.86. The van der Waals surface area contributed by atoms with Gasteiger partial charge in [-0.2, -0.15) is 0 Å². The van der Waals surface area contributed by atoms with Crippen LogP contribution in [0.2, 0.25) is 5.02 Å². The molecule has 0 radical (unpaired) electrons. The van der Waals surface area contributed by atoms with Gasteiger partial charge in [0, 0.05) is 28.9 Å². The van der Waals surface area contributed by atoms with E-state index >= 15 is 0 Å². The molecule has 1 aliphatic rings. The lowest BCUT2D eigenvalue weighted by atomic mass is 9.99. The Morgan fingerprint density at radius 3 is 2.31 bits per heavy atom. The first-order chi connectivity index (χ1) is 15.6. The van der Waals surface area contributed by atoms with Crippen LogP contribution in [0.1, 0.15) is 43.5 Å². The van der Waals surface area contributed by atoms with Crippen LogP contribution in [-0.4, -0.2) is 29.5 Å². The number of benzene rings is 2. The van der Waals surface area contributed by atoms with Gasteiger partial charge in [0.2, 0.25) is 0 Å². The molecule has 0 N–H and O–H groups in total. The summed E-state index contributed by atoms with van der Waals surface area (Å²) in [6, 6.07) is 20.3. The minimum absolute atomic E-state index is 0.734. The van der Waals surface area contributed by atoms with E-state index in [2.05, 4.69) is 65.9 Å². The normalized spacial score (nSPS) is 15.3. The Labute approximate surface area is 197 Å². The average Bonchev–Trinajstić information content (AvgIpc) is 2.83. The summed E-state index contributed by atoms with van der Waals surface area (Å²) in [7, 11) is 0. The number of rotatable bonds is 4. The van der Waals surface area contributed by atoms with Crippen LogP contribution in [0.15, 0.2) is 72.9 Å². The maximum atomic E-state index is 5.96. The van der Waals surface area contributed by atoms with Crippen molar-refractivity contribution in [3.8, 4) is 23.0 Å². The highest BCUT2D eigenvalue weighted by atomic mass is 35.5. The molecule has 2 nitrogen and oxygen atoms in total. The van der Waals surface area contributed by atoms with Gasteiger partial charge in [-0.1, -0.05) is 60.9 Å². The fraction of sp³-hybridized carbons (Fsp3) is 0.276. The van der Waals surface area contributed by atoms with E-state index in [-0.39, 0.29) is 0 Å². The van der Waals surface area contributed by atoms with E-state index in [9.17, 15) is 0 Å². The number of pyridine rings is 1. The zero-order valence-corrected chi connectivity index (χ0v) is 19.6. The van der Waals surface area contributed by atoms with Crippen LogP contribution in [0.3, 0.4) is 0 Å². The predicted molar refractivity (Wildman–Crippen MR) is 136 cm³/mol. The first-order valence-electron chi connectivity index (χ1n) is 11.3. The Hall–Kier alpha value is -2.86. The molecule has 1 saturated heterocycles. The van der Waals surface area contributed by atoms with Gasteiger partial charge >= 0.3 is 0 Å². The second-order valence-electron chi connectivity index (χ2n) is 8.64. The average molecular weight is 441 g/mol. The number of halogens is 1. The Balaban J connectivity index is 1.36. The second-order valence-corrected chi connectivity index (χ2v) is 9.07. The molecule has 3 heteroatoms. The third kappa shape index (κ3) is 6.10. The molecule has 0 bridgehead atoms. The Morgan fingerprint density at radius 2 is 1.66 bits per heavy atom. The van der Waals surface area contributed by atoms with E-state index in [1.54, 1.807) is 0 Å². The zero-order valence-electron chi connectivity index (χ0n) is 18.8. The summed E-state index contributed by atoms with van der Waals surface area (Å²) in [6.07, 6.45) is 6.84. The Morgan fingerprint density at radius 1 is 0.969 bits per heavy atom. The minimum Gasteiger partial charge on any atom is -0.300 e. The van der Waals surface area contributed by atoms with Crippen molar-refractivity contribution in [3.63, 3.8) is 0 Å². The number of hydrogen-bond acceptors (Lipinski definition) is 2. The molecule has 1 aromatic heterocycles. The van der Waals surface area contributed by atoms with Crippen molar-refractivity contribution < 1.29 is 0 Å². The van der Waals surface area contributed by atoms with Crippen LogP contribution >= 0.6 is 11.6 Å². The smallest absolute Gasteiger partial charge is 0.113 e. The lowest BCUT2D eigenvalue weighted by molar-refractivity contribution is 0.210. The molecular formula is C29H29ClN2. The van der Waals surface area contributed by atoms with Crippen molar-refractivity contribution in [2.45, 2.75) is 26.7 Å². The number of likely N-dealkylation sites (tertiary alicyclic amines) is 1. The molecule has 3 aromatic rings. The van der Waals surface area contributed by atoms with E-state index in [4.69, 9.17) is 11.6 Å². The zero-order chi connectivity index (χ0) is 22.3. The minimum atomic E-state index is 0.734. The van der Waals surface area contributed by atoms with Crippen molar-refractivity contribution in [2.75, 3.05) is 19.6 Å². The molecule has 1 aliphatic heterocycles. The van der Waals surface area contributed by atoms with Crippen LogP contribution in [0.4, 0.5) is 0 Å². The van der Waals surface area contributed by atoms with E-state index in [0.717, 1.165) is 39.9 Å². The third-order valence-electron chi connectivity index (χ3n) is 6.15. The maximum absolute atomic E-state index is 5.96. The van der Waals surface area contributed by atoms with Gasteiger partial charge in [0.25, 0.3) is 0 Å². The summed E-state index contributed by atoms with van der Waals surface area (Å²) in [6.45, 7) is 8.02.